The van der Waals surface area contributed by atoms with Crippen LogP contribution in [0.3, 0.4) is 0 Å². The number of carbonyl (C=O) groups excluding carboxylic acids is 2. The van der Waals surface area contributed by atoms with Gasteiger partial charge in [-0.2, -0.15) is 0 Å². The Morgan fingerprint density at radius 3 is 2.19 bits per heavy atom. The number of aliphatic hydroxyl groups is 1. The summed E-state index contributed by atoms with van der Waals surface area (Å²) in [4.78, 5) is 23.8. The first-order valence-electron chi connectivity index (χ1n) is 6.91. The molecule has 0 saturated carbocycles. The number of carbonyl (C=O) groups is 2. The maximum absolute atomic E-state index is 12.0. The summed E-state index contributed by atoms with van der Waals surface area (Å²) in [6.07, 6.45) is 0. The van der Waals surface area contributed by atoms with Crippen LogP contribution in [0.25, 0.3) is 0 Å². The van der Waals surface area contributed by atoms with Crippen molar-refractivity contribution in [3.63, 3.8) is 0 Å². The molecule has 0 aliphatic carbocycles. The van der Waals surface area contributed by atoms with Gasteiger partial charge in [-0.05, 0) is 30.5 Å². The van der Waals surface area contributed by atoms with Gasteiger partial charge in [0.05, 0.1) is 12.6 Å². The number of nitrogens with one attached hydrogen (secondary N) is 2. The molecule has 2 unspecified atom stereocenters. The van der Waals surface area contributed by atoms with E-state index in [9.17, 15) is 9.59 Å². The van der Waals surface area contributed by atoms with Gasteiger partial charge in [0.15, 0.2) is 0 Å². The molecule has 2 amide bonds. The molecule has 1 aromatic carbocycles. The predicted molar refractivity (Wildman–Crippen MR) is 81.4 cm³/mol. The van der Waals surface area contributed by atoms with E-state index in [-0.39, 0.29) is 24.3 Å². The highest BCUT2D eigenvalue weighted by atomic mass is 16.3. The molecule has 0 aliphatic heterocycles. The number of aliphatic hydroxyl groups excluding tert-OH is 1. The third-order valence-corrected chi connectivity index (χ3v) is 3.18. The van der Waals surface area contributed by atoms with Crippen LogP contribution >= 0.6 is 0 Å². The van der Waals surface area contributed by atoms with Crippen LogP contribution in [0.15, 0.2) is 24.3 Å². The van der Waals surface area contributed by atoms with Gasteiger partial charge >= 0.3 is 0 Å². The highest BCUT2D eigenvalue weighted by Gasteiger charge is 2.22. The van der Waals surface area contributed by atoms with E-state index in [2.05, 4.69) is 10.6 Å². The second kappa shape index (κ2) is 7.75. The Balaban J connectivity index is 2.56. The van der Waals surface area contributed by atoms with Crippen molar-refractivity contribution in [2.75, 3.05) is 5.32 Å². The lowest BCUT2D eigenvalue weighted by Gasteiger charge is -2.19. The van der Waals surface area contributed by atoms with E-state index < -0.39 is 12.1 Å². The fourth-order valence-corrected chi connectivity index (χ4v) is 1.62. The third kappa shape index (κ3) is 5.17. The average molecular weight is 293 g/mol. The normalized spacial score (nSPS) is 13.6. The van der Waals surface area contributed by atoms with E-state index in [1.165, 1.54) is 0 Å². The van der Waals surface area contributed by atoms with Crippen molar-refractivity contribution in [2.24, 2.45) is 11.7 Å². The Labute approximate surface area is 124 Å². The highest BCUT2D eigenvalue weighted by Crippen LogP contribution is 2.10. The number of hydrogen-bond acceptors (Lipinski definition) is 4. The molecule has 5 N–H and O–H groups in total. The quantitative estimate of drug-likeness (QED) is 0.616. The molecule has 0 radical (unpaired) electrons. The smallest absolute Gasteiger partial charge is 0.246 e. The molecular formula is C15H23N3O3. The molecule has 6 nitrogen and oxygen atoms in total. The molecular weight excluding hydrogens is 270 g/mol. The Morgan fingerprint density at radius 2 is 1.71 bits per heavy atom. The Kier molecular flexibility index (Phi) is 6.33. The number of amides is 2. The molecule has 0 aromatic heterocycles. The van der Waals surface area contributed by atoms with E-state index >= 15 is 0 Å². The molecule has 6 heteroatoms. The maximum atomic E-state index is 12.0. The zero-order chi connectivity index (χ0) is 16.0. The van der Waals surface area contributed by atoms with Crippen LogP contribution in [0.2, 0.25) is 0 Å². The van der Waals surface area contributed by atoms with Gasteiger partial charge in [0.25, 0.3) is 0 Å². The van der Waals surface area contributed by atoms with Gasteiger partial charge in [-0.25, -0.2) is 0 Å². The molecule has 0 bridgehead atoms. The first-order chi connectivity index (χ1) is 9.85. The first kappa shape index (κ1) is 17.1. The SMILES string of the molecule is CC(NC(=O)C(N)C(C)C)C(=O)Nc1ccc(CO)cc1. The molecule has 0 spiro atoms. The molecule has 1 aromatic rings. The van der Waals surface area contributed by atoms with Gasteiger partial charge in [0.1, 0.15) is 6.04 Å². The fourth-order valence-electron chi connectivity index (χ4n) is 1.62. The molecule has 0 aliphatic rings. The van der Waals surface area contributed by atoms with Crippen LogP contribution in [0.4, 0.5) is 5.69 Å². The van der Waals surface area contributed by atoms with Crippen molar-refractivity contribution < 1.29 is 14.7 Å². The summed E-state index contributed by atoms with van der Waals surface area (Å²) in [6.45, 7) is 5.24. The average Bonchev–Trinajstić information content (AvgIpc) is 2.46. The van der Waals surface area contributed by atoms with Crippen LogP contribution in [0.1, 0.15) is 26.3 Å². The van der Waals surface area contributed by atoms with Crippen molar-refractivity contribution >= 4 is 17.5 Å². The molecule has 0 heterocycles. The van der Waals surface area contributed by atoms with Gasteiger partial charge in [-0.15, -0.1) is 0 Å². The van der Waals surface area contributed by atoms with E-state index in [1.807, 2.05) is 13.8 Å². The van der Waals surface area contributed by atoms with Crippen LogP contribution in [-0.2, 0) is 16.2 Å². The van der Waals surface area contributed by atoms with Crippen molar-refractivity contribution in [3.8, 4) is 0 Å². The summed E-state index contributed by atoms with van der Waals surface area (Å²) < 4.78 is 0. The summed E-state index contributed by atoms with van der Waals surface area (Å²) in [5.41, 5.74) is 7.09. The summed E-state index contributed by atoms with van der Waals surface area (Å²) >= 11 is 0. The topological polar surface area (TPSA) is 104 Å². The highest BCUT2D eigenvalue weighted by molar-refractivity contribution is 5.97. The predicted octanol–water partition coefficient (Wildman–Crippen LogP) is 0.605. The lowest BCUT2D eigenvalue weighted by molar-refractivity contribution is -0.127. The molecule has 116 valence electrons. The van der Waals surface area contributed by atoms with Gasteiger partial charge in [0.2, 0.25) is 11.8 Å². The Hall–Kier alpha value is -1.92. The largest absolute Gasteiger partial charge is 0.392 e. The Morgan fingerprint density at radius 1 is 1.14 bits per heavy atom. The van der Waals surface area contributed by atoms with Crippen LogP contribution in [-0.4, -0.2) is 29.0 Å². The minimum atomic E-state index is -0.681. The van der Waals surface area contributed by atoms with Crippen LogP contribution in [0, 0.1) is 5.92 Å². The molecule has 1 rings (SSSR count). The number of rotatable bonds is 6. The number of nitrogens with two attached hydrogens (primary N) is 1. The van der Waals surface area contributed by atoms with E-state index in [4.69, 9.17) is 10.8 Å². The molecule has 0 saturated heterocycles. The monoisotopic (exact) mass is 293 g/mol. The second-order valence-electron chi connectivity index (χ2n) is 5.34. The number of benzene rings is 1. The van der Waals surface area contributed by atoms with Crippen molar-refractivity contribution in [1.29, 1.82) is 0 Å². The van der Waals surface area contributed by atoms with Gasteiger partial charge in [-0.3, -0.25) is 9.59 Å². The minimum absolute atomic E-state index is 0.00582. The van der Waals surface area contributed by atoms with Crippen LogP contribution < -0.4 is 16.4 Å². The van der Waals surface area contributed by atoms with E-state index in [1.54, 1.807) is 31.2 Å². The Bertz CT molecular complexity index is 485. The number of anilines is 1. The maximum Gasteiger partial charge on any atom is 0.246 e. The summed E-state index contributed by atoms with van der Waals surface area (Å²) in [6, 6.07) is 5.50. The second-order valence-corrected chi connectivity index (χ2v) is 5.34. The van der Waals surface area contributed by atoms with Crippen molar-refractivity contribution in [1.82, 2.24) is 5.32 Å². The lowest BCUT2D eigenvalue weighted by Crippen LogP contribution is -2.50. The van der Waals surface area contributed by atoms with Gasteiger partial charge < -0.3 is 21.5 Å². The van der Waals surface area contributed by atoms with Crippen LogP contribution in [0.5, 0.6) is 0 Å². The van der Waals surface area contributed by atoms with Gasteiger partial charge in [0, 0.05) is 5.69 Å². The third-order valence-electron chi connectivity index (χ3n) is 3.18. The summed E-state index contributed by atoms with van der Waals surface area (Å²) in [7, 11) is 0. The van der Waals surface area contributed by atoms with E-state index in [0.29, 0.717) is 5.69 Å². The molecule has 21 heavy (non-hydrogen) atoms. The summed E-state index contributed by atoms with van der Waals surface area (Å²) in [5.74, 6) is -0.661. The van der Waals surface area contributed by atoms with Crippen molar-refractivity contribution in [3.05, 3.63) is 29.8 Å². The minimum Gasteiger partial charge on any atom is -0.392 e. The molecule has 2 atom stereocenters. The zero-order valence-corrected chi connectivity index (χ0v) is 12.6. The fraction of sp³-hybridized carbons (Fsp3) is 0.467. The number of hydrogen-bond donors (Lipinski definition) is 4. The van der Waals surface area contributed by atoms with Gasteiger partial charge in [-0.1, -0.05) is 26.0 Å². The van der Waals surface area contributed by atoms with Crippen molar-refractivity contribution in [2.45, 2.75) is 39.5 Å². The standard InChI is InChI=1S/C15H23N3O3/c1-9(2)13(16)15(21)17-10(3)14(20)18-12-6-4-11(8-19)5-7-12/h4-7,9-10,13,19H,8,16H2,1-3H3,(H,17,21)(H,18,20). The summed E-state index contributed by atoms with van der Waals surface area (Å²) in [5, 5.41) is 14.2. The molecule has 0 fully saturated rings. The zero-order valence-electron chi connectivity index (χ0n) is 12.6. The van der Waals surface area contributed by atoms with E-state index in [0.717, 1.165) is 5.56 Å². The first-order valence-corrected chi connectivity index (χ1v) is 6.91. The lowest BCUT2D eigenvalue weighted by atomic mass is 10.0.